The van der Waals surface area contributed by atoms with Crippen molar-refractivity contribution in [3.05, 3.63) is 51.7 Å². The molecule has 0 aliphatic heterocycles. The normalized spacial score (nSPS) is 12.4. The number of hydrogen-bond donors (Lipinski definition) is 1. The van der Waals surface area contributed by atoms with Crippen LogP contribution in [0.5, 0.6) is 5.75 Å². The van der Waals surface area contributed by atoms with Crippen molar-refractivity contribution in [2.24, 2.45) is 5.73 Å². The Labute approximate surface area is 106 Å². The van der Waals surface area contributed by atoms with Gasteiger partial charge in [0, 0.05) is 11.6 Å². The first-order chi connectivity index (χ1) is 8.16. The summed E-state index contributed by atoms with van der Waals surface area (Å²) in [7, 11) is 0. The Morgan fingerprint density at radius 3 is 2.82 bits per heavy atom. The lowest BCUT2D eigenvalue weighted by Gasteiger charge is -2.14. The van der Waals surface area contributed by atoms with Crippen molar-refractivity contribution >= 4 is 11.3 Å². The molecule has 0 saturated carbocycles. The summed E-state index contributed by atoms with van der Waals surface area (Å²) in [6.07, 6.45) is 0. The molecule has 90 valence electrons. The van der Waals surface area contributed by atoms with E-state index in [9.17, 15) is 0 Å². The van der Waals surface area contributed by atoms with Gasteiger partial charge in [-0.3, -0.25) is 0 Å². The monoisotopic (exact) mass is 247 g/mol. The van der Waals surface area contributed by atoms with E-state index in [1.54, 1.807) is 11.3 Å². The summed E-state index contributed by atoms with van der Waals surface area (Å²) in [5, 5.41) is 4.16. The summed E-state index contributed by atoms with van der Waals surface area (Å²) in [6.45, 7) is 4.64. The summed E-state index contributed by atoms with van der Waals surface area (Å²) in [6, 6.07) is 8.23. The molecule has 1 aromatic carbocycles. The van der Waals surface area contributed by atoms with Gasteiger partial charge in [0.05, 0.1) is 0 Å². The smallest absolute Gasteiger partial charge is 0.124 e. The molecule has 1 aromatic heterocycles. The molecule has 0 bridgehead atoms. The molecule has 0 fully saturated rings. The highest BCUT2D eigenvalue weighted by Crippen LogP contribution is 2.26. The van der Waals surface area contributed by atoms with Crippen molar-refractivity contribution in [3.63, 3.8) is 0 Å². The summed E-state index contributed by atoms with van der Waals surface area (Å²) < 4.78 is 5.85. The van der Waals surface area contributed by atoms with Gasteiger partial charge in [-0.05, 0) is 47.9 Å². The first-order valence-electron chi connectivity index (χ1n) is 5.67. The highest BCUT2D eigenvalue weighted by Gasteiger charge is 2.08. The lowest BCUT2D eigenvalue weighted by Crippen LogP contribution is -2.08. The molecule has 1 heterocycles. The molecular formula is C14H17NOS. The van der Waals surface area contributed by atoms with Gasteiger partial charge in [-0.2, -0.15) is 11.3 Å². The maximum atomic E-state index is 5.94. The third kappa shape index (κ3) is 3.08. The van der Waals surface area contributed by atoms with Crippen molar-refractivity contribution < 1.29 is 4.74 Å². The minimum absolute atomic E-state index is 0.00641. The van der Waals surface area contributed by atoms with Gasteiger partial charge >= 0.3 is 0 Å². The van der Waals surface area contributed by atoms with Crippen molar-refractivity contribution in [3.8, 4) is 5.75 Å². The van der Waals surface area contributed by atoms with Gasteiger partial charge in [0.2, 0.25) is 0 Å². The van der Waals surface area contributed by atoms with E-state index in [2.05, 4.69) is 29.8 Å². The summed E-state index contributed by atoms with van der Waals surface area (Å²) in [5.41, 5.74) is 9.39. The van der Waals surface area contributed by atoms with Crippen LogP contribution in [0.25, 0.3) is 0 Å². The van der Waals surface area contributed by atoms with Gasteiger partial charge in [-0.25, -0.2) is 0 Å². The molecule has 0 aliphatic rings. The zero-order valence-corrected chi connectivity index (χ0v) is 11.0. The predicted molar refractivity (Wildman–Crippen MR) is 72.4 cm³/mol. The van der Waals surface area contributed by atoms with Crippen LogP contribution in [-0.2, 0) is 6.61 Å². The Balaban J connectivity index is 2.16. The quantitative estimate of drug-likeness (QED) is 0.895. The van der Waals surface area contributed by atoms with Gasteiger partial charge in [0.25, 0.3) is 0 Å². The van der Waals surface area contributed by atoms with Gasteiger partial charge < -0.3 is 10.5 Å². The van der Waals surface area contributed by atoms with E-state index >= 15 is 0 Å². The van der Waals surface area contributed by atoms with Gasteiger partial charge in [0.15, 0.2) is 0 Å². The molecule has 0 radical (unpaired) electrons. The third-order valence-electron chi connectivity index (χ3n) is 2.63. The van der Waals surface area contributed by atoms with Crippen LogP contribution in [0.1, 0.15) is 29.7 Å². The number of thiophene rings is 1. The van der Waals surface area contributed by atoms with Gasteiger partial charge in [0.1, 0.15) is 12.4 Å². The Kier molecular flexibility index (Phi) is 3.82. The Hall–Kier alpha value is -1.32. The second kappa shape index (κ2) is 5.34. The largest absolute Gasteiger partial charge is 0.489 e. The van der Waals surface area contributed by atoms with E-state index in [1.807, 2.05) is 19.1 Å². The van der Waals surface area contributed by atoms with Gasteiger partial charge in [-0.15, -0.1) is 0 Å². The molecule has 0 amide bonds. The molecule has 0 spiro atoms. The highest BCUT2D eigenvalue weighted by molar-refractivity contribution is 7.07. The van der Waals surface area contributed by atoms with Crippen LogP contribution in [0.2, 0.25) is 0 Å². The second-order valence-corrected chi connectivity index (χ2v) is 5.03. The molecule has 2 nitrogen and oxygen atoms in total. The van der Waals surface area contributed by atoms with E-state index in [4.69, 9.17) is 10.5 Å². The fraction of sp³-hybridized carbons (Fsp3) is 0.286. The Morgan fingerprint density at radius 1 is 1.35 bits per heavy atom. The van der Waals surface area contributed by atoms with Crippen LogP contribution < -0.4 is 10.5 Å². The highest BCUT2D eigenvalue weighted by atomic mass is 32.1. The summed E-state index contributed by atoms with van der Waals surface area (Å²) >= 11 is 1.68. The minimum atomic E-state index is -0.00641. The molecule has 2 N–H and O–H groups in total. The maximum Gasteiger partial charge on any atom is 0.124 e. The second-order valence-electron chi connectivity index (χ2n) is 4.25. The lowest BCUT2D eigenvalue weighted by atomic mass is 10.1. The first-order valence-corrected chi connectivity index (χ1v) is 6.61. The van der Waals surface area contributed by atoms with Crippen LogP contribution in [-0.4, -0.2) is 0 Å². The summed E-state index contributed by atoms with van der Waals surface area (Å²) in [4.78, 5) is 0. The van der Waals surface area contributed by atoms with Crippen LogP contribution in [0.4, 0.5) is 0 Å². The zero-order valence-electron chi connectivity index (χ0n) is 10.1. The standard InChI is InChI=1S/C14H17NOS/c1-10-3-4-13(11(2)15)14(7-10)16-8-12-5-6-17-9-12/h3-7,9,11H,8,15H2,1-2H3. The van der Waals surface area contributed by atoms with Gasteiger partial charge in [-0.1, -0.05) is 12.1 Å². The number of benzene rings is 1. The lowest BCUT2D eigenvalue weighted by molar-refractivity contribution is 0.302. The molecule has 17 heavy (non-hydrogen) atoms. The fourth-order valence-electron chi connectivity index (χ4n) is 1.68. The molecule has 0 aliphatic carbocycles. The molecule has 1 unspecified atom stereocenters. The molecule has 1 atom stereocenters. The fourth-order valence-corrected chi connectivity index (χ4v) is 2.33. The molecule has 2 aromatic rings. The average Bonchev–Trinajstić information content (AvgIpc) is 2.78. The third-order valence-corrected chi connectivity index (χ3v) is 3.37. The topological polar surface area (TPSA) is 35.2 Å². The molecular weight excluding hydrogens is 230 g/mol. The maximum absolute atomic E-state index is 5.94. The molecule has 3 heteroatoms. The van der Waals surface area contributed by atoms with E-state index in [1.165, 1.54) is 11.1 Å². The van der Waals surface area contributed by atoms with E-state index in [0.717, 1.165) is 11.3 Å². The number of rotatable bonds is 4. The van der Waals surface area contributed by atoms with Crippen molar-refractivity contribution in [1.29, 1.82) is 0 Å². The van der Waals surface area contributed by atoms with Crippen molar-refractivity contribution in [2.75, 3.05) is 0 Å². The van der Waals surface area contributed by atoms with Crippen LogP contribution in [0, 0.1) is 6.92 Å². The SMILES string of the molecule is Cc1ccc(C(C)N)c(OCc2ccsc2)c1. The number of ether oxygens (including phenoxy) is 1. The van der Waals surface area contributed by atoms with Crippen LogP contribution in [0.3, 0.4) is 0 Å². The van der Waals surface area contributed by atoms with Crippen molar-refractivity contribution in [1.82, 2.24) is 0 Å². The number of aryl methyl sites for hydroxylation is 1. The van der Waals surface area contributed by atoms with Crippen molar-refractivity contribution in [2.45, 2.75) is 26.5 Å². The van der Waals surface area contributed by atoms with E-state index in [-0.39, 0.29) is 6.04 Å². The van der Waals surface area contributed by atoms with Crippen LogP contribution >= 0.6 is 11.3 Å². The number of nitrogens with two attached hydrogens (primary N) is 1. The average molecular weight is 247 g/mol. The van der Waals surface area contributed by atoms with E-state index in [0.29, 0.717) is 6.61 Å². The zero-order chi connectivity index (χ0) is 12.3. The Bertz CT molecular complexity index is 477. The predicted octanol–water partition coefficient (Wildman–Crippen LogP) is 3.66. The minimum Gasteiger partial charge on any atom is -0.489 e. The number of hydrogen-bond acceptors (Lipinski definition) is 3. The van der Waals surface area contributed by atoms with Crippen LogP contribution in [0.15, 0.2) is 35.0 Å². The first kappa shape index (κ1) is 12.1. The molecule has 2 rings (SSSR count). The Morgan fingerprint density at radius 2 is 2.18 bits per heavy atom. The summed E-state index contributed by atoms with van der Waals surface area (Å²) in [5.74, 6) is 0.895. The molecule has 0 saturated heterocycles. The van der Waals surface area contributed by atoms with E-state index < -0.39 is 0 Å².